The largest absolute Gasteiger partial charge is 0.393 e. The van der Waals surface area contributed by atoms with Crippen molar-refractivity contribution in [2.45, 2.75) is 4.90 Å². The first-order valence-electron chi connectivity index (χ1n) is 3.46. The number of rotatable bonds is 3. The second-order valence-corrected chi connectivity index (χ2v) is 2.99. The quantitative estimate of drug-likeness (QED) is 0.435. The van der Waals surface area contributed by atoms with Crippen LogP contribution in [0.5, 0.6) is 0 Å². The molecule has 0 spiro atoms. The fourth-order valence-electron chi connectivity index (χ4n) is 0.853. The third-order valence-corrected chi connectivity index (χ3v) is 2.03. The second-order valence-electron chi connectivity index (χ2n) is 2.28. The van der Waals surface area contributed by atoms with E-state index < -0.39 is 0 Å². The zero-order valence-electron chi connectivity index (χ0n) is 7.06. The Labute approximate surface area is 79.7 Å². The molecule has 0 amide bonds. The second kappa shape index (κ2) is 4.11. The molecule has 4 N–H and O–H groups in total. The van der Waals surface area contributed by atoms with Crippen LogP contribution in [0.2, 0.25) is 0 Å². The molecule has 6 heteroatoms. The Hall–Kier alpha value is -1.27. The van der Waals surface area contributed by atoms with Gasteiger partial charge in [-0.2, -0.15) is 0 Å². The van der Waals surface area contributed by atoms with E-state index in [0.717, 1.165) is 16.8 Å². The molecule has 0 aromatic heterocycles. The van der Waals surface area contributed by atoms with Gasteiger partial charge in [-0.3, -0.25) is 5.14 Å². The van der Waals surface area contributed by atoms with Gasteiger partial charge in [-0.15, -0.1) is 0 Å². The van der Waals surface area contributed by atoms with E-state index in [2.05, 4.69) is 4.84 Å². The molecule has 0 bridgehead atoms. The smallest absolute Gasteiger partial charge is 0.340 e. The van der Waals surface area contributed by atoms with E-state index >= 15 is 0 Å². The number of anilines is 1. The lowest BCUT2D eigenvalue weighted by Gasteiger charge is -1.97. The summed E-state index contributed by atoms with van der Waals surface area (Å²) in [5.41, 5.74) is 6.17. The van der Waals surface area contributed by atoms with Gasteiger partial charge in [-0.25, -0.2) is 4.84 Å². The van der Waals surface area contributed by atoms with Crippen LogP contribution in [-0.2, 0) is 4.84 Å². The standard InChI is InChI=1S/C7H10N3O2S/c1-12-10(11)7-4-5(13-9)2-3-6(7)8/h2-4H,8-9H2,1H3/q+1. The Morgan fingerprint density at radius 3 is 2.77 bits per heavy atom. The van der Waals surface area contributed by atoms with Crippen LogP contribution < -0.4 is 10.9 Å². The fourth-order valence-corrected chi connectivity index (χ4v) is 1.18. The summed E-state index contributed by atoms with van der Waals surface area (Å²) in [6.45, 7) is 0. The maximum absolute atomic E-state index is 11.1. The van der Waals surface area contributed by atoms with E-state index in [0.29, 0.717) is 10.6 Å². The number of hydrogen-bond donors (Lipinski definition) is 2. The molecule has 0 saturated carbocycles. The molecule has 0 heterocycles. The van der Waals surface area contributed by atoms with Gasteiger partial charge in [0.25, 0.3) is 4.92 Å². The van der Waals surface area contributed by atoms with Crippen molar-refractivity contribution in [3.8, 4) is 0 Å². The monoisotopic (exact) mass is 200 g/mol. The number of nitrogens with zero attached hydrogens (tertiary/aromatic N) is 1. The van der Waals surface area contributed by atoms with E-state index in [1.807, 2.05) is 0 Å². The predicted octanol–water partition coefficient (Wildman–Crippen LogP) is 1.21. The molecule has 5 nitrogen and oxygen atoms in total. The average molecular weight is 200 g/mol. The Kier molecular flexibility index (Phi) is 3.10. The Morgan fingerprint density at radius 1 is 1.54 bits per heavy atom. The van der Waals surface area contributed by atoms with Gasteiger partial charge in [-0.05, 0) is 24.1 Å². The summed E-state index contributed by atoms with van der Waals surface area (Å²) >= 11 is 1.04. The van der Waals surface area contributed by atoms with Gasteiger partial charge in [0.1, 0.15) is 5.69 Å². The molecule has 0 aliphatic carbocycles. The van der Waals surface area contributed by atoms with Gasteiger partial charge in [0.15, 0.2) is 7.11 Å². The molecule has 1 aromatic carbocycles. The topological polar surface area (TPSA) is 81.3 Å². The predicted molar refractivity (Wildman–Crippen MR) is 51.2 cm³/mol. The van der Waals surface area contributed by atoms with Crippen LogP contribution in [-0.4, -0.2) is 12.0 Å². The maximum atomic E-state index is 11.1. The van der Waals surface area contributed by atoms with Crippen molar-refractivity contribution in [1.29, 1.82) is 0 Å². The normalized spacial score (nSPS) is 9.69. The lowest BCUT2D eigenvalue weighted by atomic mass is 10.3. The molecular weight excluding hydrogens is 190 g/mol. The molecule has 0 aliphatic rings. The van der Waals surface area contributed by atoms with Crippen LogP contribution in [0, 0.1) is 4.91 Å². The summed E-state index contributed by atoms with van der Waals surface area (Å²) in [5.74, 6) is 0. The van der Waals surface area contributed by atoms with Crippen molar-refractivity contribution in [3.05, 3.63) is 23.1 Å². The third-order valence-electron chi connectivity index (χ3n) is 1.50. The molecule has 1 aromatic rings. The van der Waals surface area contributed by atoms with Gasteiger partial charge in [0.05, 0.1) is 4.91 Å². The first-order valence-corrected chi connectivity index (χ1v) is 4.34. The first-order chi connectivity index (χ1) is 6.19. The lowest BCUT2D eigenvalue weighted by molar-refractivity contribution is -0.736. The van der Waals surface area contributed by atoms with E-state index in [1.165, 1.54) is 7.11 Å². The minimum atomic E-state index is 0.262. The molecule has 0 radical (unpaired) electrons. The zero-order chi connectivity index (χ0) is 9.84. The number of nitrogens with two attached hydrogens (primary N) is 2. The van der Waals surface area contributed by atoms with Crippen molar-refractivity contribution < 1.29 is 9.76 Å². The highest BCUT2D eigenvalue weighted by Crippen LogP contribution is 2.26. The highest BCUT2D eigenvalue weighted by atomic mass is 32.2. The molecular formula is C7H10N3O2S+. The van der Waals surface area contributed by atoms with Crippen LogP contribution in [0.3, 0.4) is 0 Å². The Bertz CT molecular complexity index is 330. The van der Waals surface area contributed by atoms with Gasteiger partial charge in [0, 0.05) is 11.0 Å². The summed E-state index contributed by atoms with van der Waals surface area (Å²) in [7, 11) is 1.27. The highest BCUT2D eigenvalue weighted by Gasteiger charge is 2.19. The van der Waals surface area contributed by atoms with E-state index in [4.69, 9.17) is 10.9 Å². The van der Waals surface area contributed by atoms with Crippen molar-refractivity contribution in [1.82, 2.24) is 0 Å². The summed E-state index contributed by atoms with van der Waals surface area (Å²) in [4.78, 5) is 16.6. The molecule has 70 valence electrons. The summed E-state index contributed by atoms with van der Waals surface area (Å²) in [5, 5.41) is 5.32. The highest BCUT2D eigenvalue weighted by molar-refractivity contribution is 7.97. The molecule has 0 saturated heterocycles. The Morgan fingerprint density at radius 2 is 2.23 bits per heavy atom. The van der Waals surface area contributed by atoms with Crippen molar-refractivity contribution in [3.63, 3.8) is 0 Å². The van der Waals surface area contributed by atoms with Gasteiger partial charge < -0.3 is 5.73 Å². The number of benzene rings is 1. The van der Waals surface area contributed by atoms with Gasteiger partial charge >= 0.3 is 5.69 Å². The summed E-state index contributed by atoms with van der Waals surface area (Å²) in [6.07, 6.45) is 0. The van der Waals surface area contributed by atoms with E-state index in [9.17, 15) is 4.91 Å². The van der Waals surface area contributed by atoms with Crippen LogP contribution in [0.1, 0.15) is 0 Å². The van der Waals surface area contributed by atoms with Crippen LogP contribution >= 0.6 is 11.9 Å². The third kappa shape index (κ3) is 2.10. The molecule has 0 aliphatic heterocycles. The summed E-state index contributed by atoms with van der Waals surface area (Å²) < 4.78 is 0. The number of hydrogen-bond acceptors (Lipinski definition) is 5. The number of nitrogen functional groups attached to an aromatic ring is 1. The minimum absolute atomic E-state index is 0.262. The average Bonchev–Trinajstić information content (AvgIpc) is 2.17. The van der Waals surface area contributed by atoms with Crippen molar-refractivity contribution >= 4 is 23.3 Å². The maximum Gasteiger partial charge on any atom is 0.340 e. The van der Waals surface area contributed by atoms with Crippen molar-refractivity contribution in [2.24, 2.45) is 5.14 Å². The van der Waals surface area contributed by atoms with Crippen LogP contribution in [0.15, 0.2) is 23.1 Å². The molecule has 0 unspecified atom stereocenters. The van der Waals surface area contributed by atoms with E-state index in [1.54, 1.807) is 18.2 Å². The SMILES string of the molecule is CO[N+](=O)c1cc(SN)ccc1N. The first kappa shape index (κ1) is 9.82. The molecule has 1 rings (SSSR count). The summed E-state index contributed by atoms with van der Waals surface area (Å²) in [6, 6.07) is 4.90. The molecule has 13 heavy (non-hydrogen) atoms. The van der Waals surface area contributed by atoms with Crippen LogP contribution in [0.25, 0.3) is 0 Å². The Balaban J connectivity index is 3.11. The molecule has 0 atom stereocenters. The van der Waals surface area contributed by atoms with Gasteiger partial charge in [0.2, 0.25) is 0 Å². The minimum Gasteiger partial charge on any atom is -0.393 e. The lowest BCUT2D eigenvalue weighted by Crippen LogP contribution is -2.02. The molecule has 0 fully saturated rings. The fraction of sp³-hybridized carbons (Fsp3) is 0.143. The van der Waals surface area contributed by atoms with E-state index in [-0.39, 0.29) is 5.69 Å². The van der Waals surface area contributed by atoms with Crippen molar-refractivity contribution in [2.75, 3.05) is 12.8 Å². The van der Waals surface area contributed by atoms with Crippen LogP contribution in [0.4, 0.5) is 11.4 Å². The zero-order valence-corrected chi connectivity index (χ0v) is 7.88. The van der Waals surface area contributed by atoms with Gasteiger partial charge in [-0.1, -0.05) is 0 Å².